The van der Waals surface area contributed by atoms with E-state index in [-0.39, 0.29) is 18.5 Å². The molecule has 1 aliphatic carbocycles. The van der Waals surface area contributed by atoms with Gasteiger partial charge in [-0.25, -0.2) is 0 Å². The third-order valence-electron chi connectivity index (χ3n) is 5.52. The van der Waals surface area contributed by atoms with Crippen LogP contribution < -0.4 is 5.73 Å². The average Bonchev–Trinajstić information content (AvgIpc) is 3.20. The third kappa shape index (κ3) is 3.92. The van der Waals surface area contributed by atoms with Gasteiger partial charge < -0.3 is 10.6 Å². The molecule has 0 radical (unpaired) electrons. The molecule has 0 fully saturated rings. The standard InChI is InChI=1S/C23H24N4O2/c1-26(21-11-5-7-16-6-2-3-10-20(16)21)23(29)18-9-4-8-17(12-18)19-13-25-27(14-19)15-22(24)28/h2-4,6,8-10,12-14,21H,5,7,11,15H2,1H3,(H2,24,28)/t21-/m1/s1. The molecule has 148 valence electrons. The summed E-state index contributed by atoms with van der Waals surface area (Å²) in [5, 5.41) is 4.16. The smallest absolute Gasteiger partial charge is 0.254 e. The van der Waals surface area contributed by atoms with Gasteiger partial charge in [-0.3, -0.25) is 14.3 Å². The van der Waals surface area contributed by atoms with Crippen molar-refractivity contribution in [3.8, 4) is 11.1 Å². The summed E-state index contributed by atoms with van der Waals surface area (Å²) in [6, 6.07) is 16.0. The molecule has 2 amide bonds. The second-order valence-electron chi connectivity index (χ2n) is 7.50. The van der Waals surface area contributed by atoms with E-state index >= 15 is 0 Å². The minimum absolute atomic E-state index is 0.00178. The van der Waals surface area contributed by atoms with Crippen molar-refractivity contribution in [2.45, 2.75) is 31.8 Å². The van der Waals surface area contributed by atoms with Gasteiger partial charge in [0.15, 0.2) is 0 Å². The molecule has 6 heteroatoms. The minimum Gasteiger partial charge on any atom is -0.368 e. The highest BCUT2D eigenvalue weighted by Crippen LogP contribution is 2.34. The fourth-order valence-electron chi connectivity index (χ4n) is 4.07. The second kappa shape index (κ2) is 7.91. The Balaban J connectivity index is 1.58. The second-order valence-corrected chi connectivity index (χ2v) is 7.50. The largest absolute Gasteiger partial charge is 0.368 e. The third-order valence-corrected chi connectivity index (χ3v) is 5.52. The van der Waals surface area contributed by atoms with E-state index in [1.54, 1.807) is 12.4 Å². The maximum absolute atomic E-state index is 13.2. The number of primary amides is 1. The minimum atomic E-state index is -0.446. The summed E-state index contributed by atoms with van der Waals surface area (Å²) in [6.07, 6.45) is 6.56. The topological polar surface area (TPSA) is 81.2 Å². The molecule has 2 aromatic carbocycles. The van der Waals surface area contributed by atoms with E-state index in [4.69, 9.17) is 5.73 Å². The van der Waals surface area contributed by atoms with Crippen molar-refractivity contribution < 1.29 is 9.59 Å². The number of aryl methyl sites for hydroxylation is 1. The van der Waals surface area contributed by atoms with Gasteiger partial charge in [-0.1, -0.05) is 36.4 Å². The molecule has 4 rings (SSSR count). The Kier molecular flexibility index (Phi) is 5.16. The lowest BCUT2D eigenvalue weighted by Crippen LogP contribution is -2.33. The van der Waals surface area contributed by atoms with E-state index in [1.807, 2.05) is 42.3 Å². The first-order valence-corrected chi connectivity index (χ1v) is 9.79. The SMILES string of the molecule is CN(C(=O)c1cccc(-c2cnn(CC(N)=O)c2)c1)[C@@H]1CCCc2ccccc21. The molecule has 0 saturated heterocycles. The summed E-state index contributed by atoms with van der Waals surface area (Å²) < 4.78 is 1.50. The molecule has 6 nitrogen and oxygen atoms in total. The van der Waals surface area contributed by atoms with Gasteiger partial charge >= 0.3 is 0 Å². The Morgan fingerprint density at radius 3 is 2.83 bits per heavy atom. The van der Waals surface area contributed by atoms with Crippen molar-refractivity contribution in [1.29, 1.82) is 0 Å². The van der Waals surface area contributed by atoms with Crippen LogP contribution in [-0.2, 0) is 17.8 Å². The lowest BCUT2D eigenvalue weighted by Gasteiger charge is -2.33. The quantitative estimate of drug-likeness (QED) is 0.729. The molecular formula is C23H24N4O2. The number of nitrogens with two attached hydrogens (primary N) is 1. The Bertz CT molecular complexity index is 1060. The summed E-state index contributed by atoms with van der Waals surface area (Å²) in [5.41, 5.74) is 10.2. The van der Waals surface area contributed by atoms with E-state index in [0.717, 1.165) is 30.4 Å². The highest BCUT2D eigenvalue weighted by molar-refractivity contribution is 5.95. The monoisotopic (exact) mass is 388 g/mol. The number of carbonyl (C=O) groups is 2. The predicted octanol–water partition coefficient (Wildman–Crippen LogP) is 3.19. The Hall–Kier alpha value is -3.41. The molecule has 2 N–H and O–H groups in total. The van der Waals surface area contributed by atoms with Crippen LogP contribution in [-0.4, -0.2) is 33.5 Å². The van der Waals surface area contributed by atoms with Gasteiger partial charge in [0.05, 0.1) is 12.2 Å². The molecule has 0 saturated carbocycles. The molecule has 0 bridgehead atoms. The summed E-state index contributed by atoms with van der Waals surface area (Å²) in [5.74, 6) is -0.448. The van der Waals surface area contributed by atoms with Gasteiger partial charge in [0.2, 0.25) is 5.91 Å². The summed E-state index contributed by atoms with van der Waals surface area (Å²) in [4.78, 5) is 26.2. The molecule has 0 aliphatic heterocycles. The number of hydrogen-bond acceptors (Lipinski definition) is 3. The normalized spacial score (nSPS) is 15.6. The fraction of sp³-hybridized carbons (Fsp3) is 0.261. The first-order valence-electron chi connectivity index (χ1n) is 9.79. The van der Waals surface area contributed by atoms with Crippen LogP contribution in [0.4, 0.5) is 0 Å². The zero-order valence-electron chi connectivity index (χ0n) is 16.4. The molecule has 3 aromatic rings. The maximum atomic E-state index is 13.2. The number of hydrogen-bond donors (Lipinski definition) is 1. The highest BCUT2D eigenvalue weighted by atomic mass is 16.2. The van der Waals surface area contributed by atoms with Gasteiger partial charge in [-0.2, -0.15) is 5.10 Å². The van der Waals surface area contributed by atoms with E-state index < -0.39 is 5.91 Å². The predicted molar refractivity (Wildman–Crippen MR) is 111 cm³/mol. The number of carbonyl (C=O) groups excluding carboxylic acids is 2. The molecule has 1 aliphatic rings. The average molecular weight is 388 g/mol. The Morgan fingerprint density at radius 1 is 1.17 bits per heavy atom. The van der Waals surface area contributed by atoms with Crippen LogP contribution in [0.3, 0.4) is 0 Å². The molecule has 0 spiro atoms. The van der Waals surface area contributed by atoms with Crippen LogP contribution in [0, 0.1) is 0 Å². The van der Waals surface area contributed by atoms with Gasteiger partial charge in [0.25, 0.3) is 5.91 Å². The van der Waals surface area contributed by atoms with Gasteiger partial charge in [0, 0.05) is 24.4 Å². The lowest BCUT2D eigenvalue weighted by atomic mass is 9.87. The Morgan fingerprint density at radius 2 is 2.00 bits per heavy atom. The van der Waals surface area contributed by atoms with E-state index in [1.165, 1.54) is 15.8 Å². The lowest BCUT2D eigenvalue weighted by molar-refractivity contribution is -0.118. The molecule has 1 atom stereocenters. The first kappa shape index (κ1) is 18.9. The van der Waals surface area contributed by atoms with Crippen molar-refractivity contribution in [3.63, 3.8) is 0 Å². The molecule has 1 aromatic heterocycles. The van der Waals surface area contributed by atoms with Crippen LogP contribution in [0.2, 0.25) is 0 Å². The summed E-state index contributed by atoms with van der Waals surface area (Å²) in [7, 11) is 1.88. The molecule has 1 heterocycles. The number of fused-ring (bicyclic) bond motifs is 1. The van der Waals surface area contributed by atoms with E-state index in [9.17, 15) is 9.59 Å². The van der Waals surface area contributed by atoms with Crippen molar-refractivity contribution in [3.05, 3.63) is 77.6 Å². The number of rotatable bonds is 5. The van der Waals surface area contributed by atoms with E-state index in [0.29, 0.717) is 5.56 Å². The summed E-state index contributed by atoms with van der Waals surface area (Å²) >= 11 is 0. The fourth-order valence-corrected chi connectivity index (χ4v) is 4.07. The van der Waals surface area contributed by atoms with Crippen molar-refractivity contribution >= 4 is 11.8 Å². The number of aromatic nitrogens is 2. The van der Waals surface area contributed by atoms with Crippen molar-refractivity contribution in [2.24, 2.45) is 5.73 Å². The van der Waals surface area contributed by atoms with Crippen LogP contribution in [0.25, 0.3) is 11.1 Å². The maximum Gasteiger partial charge on any atom is 0.254 e. The molecule has 29 heavy (non-hydrogen) atoms. The van der Waals surface area contributed by atoms with Crippen LogP contribution in [0.5, 0.6) is 0 Å². The van der Waals surface area contributed by atoms with E-state index in [2.05, 4.69) is 23.3 Å². The number of nitrogens with zero attached hydrogens (tertiary/aromatic N) is 3. The van der Waals surface area contributed by atoms with Crippen molar-refractivity contribution in [2.75, 3.05) is 7.05 Å². The van der Waals surface area contributed by atoms with Crippen molar-refractivity contribution in [1.82, 2.24) is 14.7 Å². The van der Waals surface area contributed by atoms with Crippen LogP contribution in [0.1, 0.15) is 40.4 Å². The molecule has 0 unspecified atom stereocenters. The zero-order chi connectivity index (χ0) is 20.4. The summed E-state index contributed by atoms with van der Waals surface area (Å²) in [6.45, 7) is 0.0302. The Labute approximate surface area is 169 Å². The van der Waals surface area contributed by atoms with Gasteiger partial charge in [-0.15, -0.1) is 0 Å². The van der Waals surface area contributed by atoms with Crippen LogP contribution in [0.15, 0.2) is 60.9 Å². The van der Waals surface area contributed by atoms with Gasteiger partial charge in [-0.05, 0) is 48.1 Å². The molecular weight excluding hydrogens is 364 g/mol. The first-order chi connectivity index (χ1) is 14.0. The zero-order valence-corrected chi connectivity index (χ0v) is 16.4. The number of benzene rings is 2. The number of amides is 2. The van der Waals surface area contributed by atoms with Gasteiger partial charge in [0.1, 0.15) is 6.54 Å². The highest BCUT2D eigenvalue weighted by Gasteiger charge is 2.27. The van der Waals surface area contributed by atoms with Crippen LogP contribution >= 0.6 is 0 Å².